The molecule has 0 aromatic carbocycles. The molecule has 0 spiro atoms. The fourth-order valence-electron chi connectivity index (χ4n) is 2.26. The van der Waals surface area contributed by atoms with E-state index in [9.17, 15) is 9.59 Å². The third kappa shape index (κ3) is 2.26. The van der Waals surface area contributed by atoms with Gasteiger partial charge in [-0.2, -0.15) is 0 Å². The SMILES string of the molecule is C[C@@H](/C=C/N1CCCC1=O)N1CCCC1=O. The fraction of sp³-hybridized carbons (Fsp3) is 0.667. The Balaban J connectivity index is 1.90. The molecule has 2 aliphatic rings. The molecular weight excluding hydrogens is 204 g/mol. The molecule has 16 heavy (non-hydrogen) atoms. The Kier molecular flexibility index (Phi) is 3.27. The van der Waals surface area contributed by atoms with Gasteiger partial charge < -0.3 is 9.80 Å². The second-order valence-corrected chi connectivity index (χ2v) is 4.46. The quantitative estimate of drug-likeness (QED) is 0.718. The fourth-order valence-corrected chi connectivity index (χ4v) is 2.26. The van der Waals surface area contributed by atoms with E-state index < -0.39 is 0 Å². The molecule has 88 valence electrons. The minimum Gasteiger partial charge on any atom is -0.336 e. The summed E-state index contributed by atoms with van der Waals surface area (Å²) in [5.41, 5.74) is 0. The Labute approximate surface area is 95.9 Å². The van der Waals surface area contributed by atoms with Gasteiger partial charge in [0.2, 0.25) is 11.8 Å². The number of nitrogens with zero attached hydrogens (tertiary/aromatic N) is 2. The van der Waals surface area contributed by atoms with E-state index in [1.54, 1.807) is 4.90 Å². The van der Waals surface area contributed by atoms with Crippen LogP contribution in [0, 0.1) is 0 Å². The first-order valence-electron chi connectivity index (χ1n) is 5.96. The molecule has 0 aliphatic carbocycles. The largest absolute Gasteiger partial charge is 0.336 e. The highest BCUT2D eigenvalue weighted by Crippen LogP contribution is 2.15. The van der Waals surface area contributed by atoms with Gasteiger partial charge in [-0.05, 0) is 25.8 Å². The standard InChI is InChI=1S/C12H18N2O2/c1-10(14-8-3-5-12(14)16)6-9-13-7-2-4-11(13)15/h6,9-10H,2-5,7-8H2,1H3/b9-6+/t10-/m0/s1. The van der Waals surface area contributed by atoms with Crippen molar-refractivity contribution in [2.75, 3.05) is 13.1 Å². The number of likely N-dealkylation sites (tertiary alicyclic amines) is 2. The van der Waals surface area contributed by atoms with Crippen LogP contribution < -0.4 is 0 Å². The van der Waals surface area contributed by atoms with Crippen LogP contribution in [0.15, 0.2) is 12.3 Å². The van der Waals surface area contributed by atoms with Crippen molar-refractivity contribution in [3.63, 3.8) is 0 Å². The molecule has 2 heterocycles. The first-order chi connectivity index (χ1) is 7.68. The van der Waals surface area contributed by atoms with Gasteiger partial charge in [-0.3, -0.25) is 9.59 Å². The first-order valence-corrected chi connectivity index (χ1v) is 5.96. The number of amides is 2. The molecule has 0 N–H and O–H groups in total. The Hall–Kier alpha value is -1.32. The van der Waals surface area contributed by atoms with Crippen LogP contribution in [0.2, 0.25) is 0 Å². The maximum absolute atomic E-state index is 11.5. The van der Waals surface area contributed by atoms with Gasteiger partial charge in [0.05, 0.1) is 0 Å². The maximum atomic E-state index is 11.5. The van der Waals surface area contributed by atoms with Crippen LogP contribution in [0.25, 0.3) is 0 Å². The van der Waals surface area contributed by atoms with Crippen molar-refractivity contribution in [2.24, 2.45) is 0 Å². The molecular formula is C12H18N2O2. The van der Waals surface area contributed by atoms with E-state index in [0.717, 1.165) is 25.9 Å². The van der Waals surface area contributed by atoms with Gasteiger partial charge in [-0.15, -0.1) is 0 Å². The van der Waals surface area contributed by atoms with Crippen molar-refractivity contribution in [1.29, 1.82) is 0 Å². The number of carbonyl (C=O) groups is 2. The van der Waals surface area contributed by atoms with E-state index in [0.29, 0.717) is 12.8 Å². The van der Waals surface area contributed by atoms with Crippen molar-refractivity contribution in [3.8, 4) is 0 Å². The van der Waals surface area contributed by atoms with Gasteiger partial charge in [0, 0.05) is 38.2 Å². The third-order valence-electron chi connectivity index (χ3n) is 3.26. The average molecular weight is 222 g/mol. The number of hydrogen-bond donors (Lipinski definition) is 0. The molecule has 0 aromatic rings. The summed E-state index contributed by atoms with van der Waals surface area (Å²) < 4.78 is 0. The van der Waals surface area contributed by atoms with Crippen LogP contribution in [-0.4, -0.2) is 40.7 Å². The van der Waals surface area contributed by atoms with Gasteiger partial charge in [0.1, 0.15) is 0 Å². The Morgan fingerprint density at radius 2 is 1.81 bits per heavy atom. The molecule has 0 unspecified atom stereocenters. The second-order valence-electron chi connectivity index (χ2n) is 4.46. The Morgan fingerprint density at radius 1 is 1.12 bits per heavy atom. The van der Waals surface area contributed by atoms with Crippen LogP contribution in [-0.2, 0) is 9.59 Å². The van der Waals surface area contributed by atoms with Crippen LogP contribution in [0.1, 0.15) is 32.6 Å². The third-order valence-corrected chi connectivity index (χ3v) is 3.26. The predicted molar refractivity (Wildman–Crippen MR) is 60.5 cm³/mol. The lowest BCUT2D eigenvalue weighted by Gasteiger charge is -2.21. The summed E-state index contributed by atoms with van der Waals surface area (Å²) in [5.74, 6) is 0.418. The number of carbonyl (C=O) groups excluding carboxylic acids is 2. The lowest BCUT2D eigenvalue weighted by atomic mass is 10.3. The van der Waals surface area contributed by atoms with Crippen molar-refractivity contribution < 1.29 is 9.59 Å². The smallest absolute Gasteiger partial charge is 0.226 e. The summed E-state index contributed by atoms with van der Waals surface area (Å²) in [5, 5.41) is 0. The molecule has 2 aliphatic heterocycles. The molecule has 0 bridgehead atoms. The summed E-state index contributed by atoms with van der Waals surface area (Å²) in [6.07, 6.45) is 7.01. The molecule has 2 rings (SSSR count). The van der Waals surface area contributed by atoms with Crippen LogP contribution in [0.3, 0.4) is 0 Å². The molecule has 4 heteroatoms. The highest BCUT2D eigenvalue weighted by Gasteiger charge is 2.24. The van der Waals surface area contributed by atoms with Crippen molar-refractivity contribution in [3.05, 3.63) is 12.3 Å². The van der Waals surface area contributed by atoms with Crippen molar-refractivity contribution >= 4 is 11.8 Å². The molecule has 2 fully saturated rings. The van der Waals surface area contributed by atoms with E-state index >= 15 is 0 Å². The van der Waals surface area contributed by atoms with E-state index in [-0.39, 0.29) is 17.9 Å². The summed E-state index contributed by atoms with van der Waals surface area (Å²) in [4.78, 5) is 26.5. The van der Waals surface area contributed by atoms with Crippen molar-refractivity contribution in [1.82, 2.24) is 9.80 Å². The highest BCUT2D eigenvalue weighted by atomic mass is 16.2. The van der Waals surface area contributed by atoms with Crippen LogP contribution >= 0.6 is 0 Å². The lowest BCUT2D eigenvalue weighted by molar-refractivity contribution is -0.128. The number of rotatable bonds is 3. The zero-order valence-corrected chi connectivity index (χ0v) is 9.69. The van der Waals surface area contributed by atoms with Crippen LogP contribution in [0.5, 0.6) is 0 Å². The van der Waals surface area contributed by atoms with Gasteiger partial charge >= 0.3 is 0 Å². The van der Waals surface area contributed by atoms with E-state index in [1.807, 2.05) is 24.1 Å². The topological polar surface area (TPSA) is 40.6 Å². The van der Waals surface area contributed by atoms with E-state index in [2.05, 4.69) is 0 Å². The predicted octanol–water partition coefficient (Wildman–Crippen LogP) is 1.13. The van der Waals surface area contributed by atoms with E-state index in [4.69, 9.17) is 0 Å². The molecule has 0 radical (unpaired) electrons. The maximum Gasteiger partial charge on any atom is 0.226 e. The molecule has 1 atom stereocenters. The zero-order chi connectivity index (χ0) is 11.5. The lowest BCUT2D eigenvalue weighted by Crippen LogP contribution is -2.33. The average Bonchev–Trinajstić information content (AvgIpc) is 2.84. The number of hydrogen-bond acceptors (Lipinski definition) is 2. The Morgan fingerprint density at radius 3 is 2.38 bits per heavy atom. The summed E-state index contributed by atoms with van der Waals surface area (Å²) in [6, 6.07) is 0.100. The first kappa shape index (κ1) is 11.2. The highest BCUT2D eigenvalue weighted by molar-refractivity contribution is 5.79. The summed E-state index contributed by atoms with van der Waals surface area (Å²) >= 11 is 0. The summed E-state index contributed by atoms with van der Waals surface area (Å²) in [7, 11) is 0. The molecule has 2 amide bonds. The van der Waals surface area contributed by atoms with Gasteiger partial charge in [0.25, 0.3) is 0 Å². The van der Waals surface area contributed by atoms with Gasteiger partial charge in [-0.1, -0.05) is 0 Å². The molecule has 4 nitrogen and oxygen atoms in total. The molecule has 2 saturated heterocycles. The molecule has 0 aromatic heterocycles. The van der Waals surface area contributed by atoms with Gasteiger partial charge in [0.15, 0.2) is 0 Å². The molecule has 0 saturated carbocycles. The van der Waals surface area contributed by atoms with E-state index in [1.165, 1.54) is 0 Å². The second kappa shape index (κ2) is 4.68. The van der Waals surface area contributed by atoms with Gasteiger partial charge in [-0.25, -0.2) is 0 Å². The minimum atomic E-state index is 0.100. The zero-order valence-electron chi connectivity index (χ0n) is 9.69. The van der Waals surface area contributed by atoms with Crippen molar-refractivity contribution in [2.45, 2.75) is 38.6 Å². The minimum absolute atomic E-state index is 0.100. The van der Waals surface area contributed by atoms with Crippen LogP contribution in [0.4, 0.5) is 0 Å². The normalized spacial score (nSPS) is 23.8. The monoisotopic (exact) mass is 222 g/mol. The Bertz CT molecular complexity index is 325. The summed E-state index contributed by atoms with van der Waals surface area (Å²) in [6.45, 7) is 3.66.